The SMILES string of the molecule is CCOc1cc(NC(=O)c2ccc(COc3ccc(OC)cc3)o2)ccc1OC(F)F. The van der Waals surface area contributed by atoms with Crippen LogP contribution < -0.4 is 24.3 Å². The Balaban J connectivity index is 1.61. The molecule has 0 saturated carbocycles. The van der Waals surface area contributed by atoms with Crippen LogP contribution in [0.3, 0.4) is 0 Å². The van der Waals surface area contributed by atoms with E-state index in [9.17, 15) is 13.6 Å². The molecule has 0 radical (unpaired) electrons. The summed E-state index contributed by atoms with van der Waals surface area (Å²) in [4.78, 5) is 12.5. The molecule has 0 fully saturated rings. The normalized spacial score (nSPS) is 10.6. The Morgan fingerprint density at radius 3 is 2.42 bits per heavy atom. The van der Waals surface area contributed by atoms with Gasteiger partial charge in [0, 0.05) is 11.8 Å². The molecular weight excluding hydrogens is 412 g/mol. The smallest absolute Gasteiger partial charge is 0.387 e. The molecule has 2 aromatic carbocycles. The lowest BCUT2D eigenvalue weighted by molar-refractivity contribution is -0.0514. The van der Waals surface area contributed by atoms with Crippen LogP contribution in [0.4, 0.5) is 14.5 Å². The van der Waals surface area contributed by atoms with Crippen LogP contribution in [-0.2, 0) is 6.61 Å². The Morgan fingerprint density at radius 2 is 1.74 bits per heavy atom. The summed E-state index contributed by atoms with van der Waals surface area (Å²) in [6.45, 7) is -0.905. The number of ether oxygens (including phenoxy) is 4. The number of amides is 1. The van der Waals surface area contributed by atoms with E-state index in [-0.39, 0.29) is 30.5 Å². The van der Waals surface area contributed by atoms with Crippen molar-refractivity contribution in [2.45, 2.75) is 20.1 Å². The third-order valence-electron chi connectivity index (χ3n) is 4.04. The Hall–Kier alpha value is -3.75. The van der Waals surface area contributed by atoms with E-state index >= 15 is 0 Å². The maximum atomic E-state index is 12.5. The summed E-state index contributed by atoms with van der Waals surface area (Å²) in [7, 11) is 1.58. The Morgan fingerprint density at radius 1 is 1.00 bits per heavy atom. The lowest BCUT2D eigenvalue weighted by atomic mass is 10.2. The van der Waals surface area contributed by atoms with Gasteiger partial charge in [-0.05, 0) is 55.5 Å². The quantitative estimate of drug-likeness (QED) is 0.478. The third kappa shape index (κ3) is 6.11. The van der Waals surface area contributed by atoms with Crippen molar-refractivity contribution in [1.82, 2.24) is 0 Å². The van der Waals surface area contributed by atoms with E-state index in [1.54, 1.807) is 44.4 Å². The van der Waals surface area contributed by atoms with Gasteiger partial charge in [-0.1, -0.05) is 0 Å². The van der Waals surface area contributed by atoms with Gasteiger partial charge >= 0.3 is 6.61 Å². The molecule has 1 heterocycles. The van der Waals surface area contributed by atoms with E-state index in [0.29, 0.717) is 22.9 Å². The van der Waals surface area contributed by atoms with Gasteiger partial charge in [0.2, 0.25) is 0 Å². The topological polar surface area (TPSA) is 79.2 Å². The summed E-state index contributed by atoms with van der Waals surface area (Å²) in [6, 6.07) is 14.3. The zero-order chi connectivity index (χ0) is 22.2. The molecule has 0 atom stereocenters. The Labute approximate surface area is 177 Å². The molecule has 0 unspecified atom stereocenters. The molecule has 3 aromatic rings. The molecule has 164 valence electrons. The van der Waals surface area contributed by atoms with Crippen LogP contribution in [0.5, 0.6) is 23.0 Å². The minimum Gasteiger partial charge on any atom is -0.497 e. The minimum atomic E-state index is -2.98. The van der Waals surface area contributed by atoms with E-state index in [1.165, 1.54) is 24.3 Å². The first kappa shape index (κ1) is 21.9. The molecular formula is C22H21F2NO6. The van der Waals surface area contributed by atoms with E-state index in [4.69, 9.17) is 18.6 Å². The second-order valence-corrected chi connectivity index (χ2v) is 6.16. The number of methoxy groups -OCH3 is 1. The first-order valence-corrected chi connectivity index (χ1v) is 9.37. The fourth-order valence-electron chi connectivity index (χ4n) is 2.64. The molecule has 3 rings (SSSR count). The number of nitrogens with one attached hydrogen (secondary N) is 1. The van der Waals surface area contributed by atoms with Crippen LogP contribution in [0.25, 0.3) is 0 Å². The number of anilines is 1. The van der Waals surface area contributed by atoms with Gasteiger partial charge in [0.05, 0.1) is 13.7 Å². The number of hydrogen-bond acceptors (Lipinski definition) is 6. The fourth-order valence-corrected chi connectivity index (χ4v) is 2.64. The molecule has 0 saturated heterocycles. The van der Waals surface area contributed by atoms with E-state index in [1.807, 2.05) is 0 Å². The van der Waals surface area contributed by atoms with Crippen LogP contribution in [0.2, 0.25) is 0 Å². The average Bonchev–Trinajstić information content (AvgIpc) is 3.24. The number of benzene rings is 2. The van der Waals surface area contributed by atoms with Crippen molar-refractivity contribution in [2.75, 3.05) is 19.0 Å². The van der Waals surface area contributed by atoms with Gasteiger partial charge in [-0.25, -0.2) is 0 Å². The zero-order valence-electron chi connectivity index (χ0n) is 16.9. The molecule has 1 amide bonds. The van der Waals surface area contributed by atoms with Gasteiger partial charge in [-0.2, -0.15) is 8.78 Å². The number of halogens is 2. The van der Waals surface area contributed by atoms with E-state index < -0.39 is 12.5 Å². The number of carbonyl (C=O) groups is 1. The number of furan rings is 1. The van der Waals surface area contributed by atoms with Crippen molar-refractivity contribution in [3.8, 4) is 23.0 Å². The molecule has 7 nitrogen and oxygen atoms in total. The molecule has 1 N–H and O–H groups in total. The van der Waals surface area contributed by atoms with Crippen LogP contribution in [-0.4, -0.2) is 26.2 Å². The van der Waals surface area contributed by atoms with Gasteiger partial charge in [-0.3, -0.25) is 4.79 Å². The molecule has 9 heteroatoms. The summed E-state index contributed by atoms with van der Waals surface area (Å²) in [5.74, 6) is 1.32. The predicted molar refractivity (Wildman–Crippen MR) is 108 cm³/mol. The van der Waals surface area contributed by atoms with E-state index in [2.05, 4.69) is 10.1 Å². The highest BCUT2D eigenvalue weighted by Gasteiger charge is 2.15. The van der Waals surface area contributed by atoms with Gasteiger partial charge in [-0.15, -0.1) is 0 Å². The standard InChI is InChI=1S/C22H21F2NO6/c1-3-28-20-12-14(4-10-18(20)31-22(23)24)25-21(26)19-11-9-17(30-19)13-29-16-7-5-15(27-2)6-8-16/h4-12,22H,3,13H2,1-2H3,(H,25,26). The fraction of sp³-hybridized carbons (Fsp3) is 0.227. The highest BCUT2D eigenvalue weighted by molar-refractivity contribution is 6.02. The van der Waals surface area contributed by atoms with Crippen LogP contribution in [0.15, 0.2) is 59.0 Å². The van der Waals surface area contributed by atoms with Crippen molar-refractivity contribution >= 4 is 11.6 Å². The molecule has 0 aliphatic carbocycles. The number of alkyl halides is 2. The summed E-state index contributed by atoms with van der Waals surface area (Å²) < 4.78 is 50.9. The summed E-state index contributed by atoms with van der Waals surface area (Å²) in [5.41, 5.74) is 0.336. The summed E-state index contributed by atoms with van der Waals surface area (Å²) in [6.07, 6.45) is 0. The lowest BCUT2D eigenvalue weighted by Gasteiger charge is -2.13. The maximum Gasteiger partial charge on any atom is 0.387 e. The molecule has 0 bridgehead atoms. The molecule has 0 aliphatic heterocycles. The zero-order valence-corrected chi connectivity index (χ0v) is 16.9. The second-order valence-electron chi connectivity index (χ2n) is 6.16. The van der Waals surface area contributed by atoms with Crippen molar-refractivity contribution in [3.63, 3.8) is 0 Å². The van der Waals surface area contributed by atoms with Crippen molar-refractivity contribution < 1.29 is 36.9 Å². The third-order valence-corrected chi connectivity index (χ3v) is 4.04. The Bertz CT molecular complexity index is 1000. The minimum absolute atomic E-state index is 0.0687. The van der Waals surface area contributed by atoms with Gasteiger partial charge in [0.15, 0.2) is 17.3 Å². The monoisotopic (exact) mass is 433 g/mol. The highest BCUT2D eigenvalue weighted by atomic mass is 19.3. The molecule has 1 aromatic heterocycles. The predicted octanol–water partition coefficient (Wildman–Crippen LogP) is 5.12. The number of carbonyl (C=O) groups excluding carboxylic acids is 1. The lowest BCUT2D eigenvalue weighted by Crippen LogP contribution is -2.11. The van der Waals surface area contributed by atoms with Crippen LogP contribution >= 0.6 is 0 Å². The average molecular weight is 433 g/mol. The molecule has 31 heavy (non-hydrogen) atoms. The first-order chi connectivity index (χ1) is 15.0. The second kappa shape index (κ2) is 10.3. The Kier molecular flexibility index (Phi) is 7.31. The van der Waals surface area contributed by atoms with Crippen molar-refractivity contribution in [3.05, 3.63) is 66.1 Å². The van der Waals surface area contributed by atoms with Crippen LogP contribution in [0, 0.1) is 0 Å². The van der Waals surface area contributed by atoms with Gasteiger partial charge < -0.3 is 28.7 Å². The summed E-state index contributed by atoms with van der Waals surface area (Å²) in [5, 5.41) is 2.63. The molecule has 0 aliphatic rings. The van der Waals surface area contributed by atoms with Gasteiger partial charge in [0.25, 0.3) is 5.91 Å². The first-order valence-electron chi connectivity index (χ1n) is 9.37. The number of rotatable bonds is 10. The highest BCUT2D eigenvalue weighted by Crippen LogP contribution is 2.32. The molecule has 0 spiro atoms. The summed E-state index contributed by atoms with van der Waals surface area (Å²) >= 11 is 0. The van der Waals surface area contributed by atoms with E-state index in [0.717, 1.165) is 0 Å². The van der Waals surface area contributed by atoms with Gasteiger partial charge in [0.1, 0.15) is 23.9 Å². The number of hydrogen-bond donors (Lipinski definition) is 1. The largest absolute Gasteiger partial charge is 0.497 e. The maximum absolute atomic E-state index is 12.5. The van der Waals surface area contributed by atoms with Crippen molar-refractivity contribution in [2.24, 2.45) is 0 Å². The van der Waals surface area contributed by atoms with Crippen LogP contribution in [0.1, 0.15) is 23.2 Å². The van der Waals surface area contributed by atoms with Crippen molar-refractivity contribution in [1.29, 1.82) is 0 Å².